The zero-order valence-electron chi connectivity index (χ0n) is 17.8. The van der Waals surface area contributed by atoms with E-state index >= 15 is 0 Å². The summed E-state index contributed by atoms with van der Waals surface area (Å²) in [6, 6.07) is 0.950. The maximum absolute atomic E-state index is 12.1. The van der Waals surface area contributed by atoms with Gasteiger partial charge in [0.05, 0.1) is 9.30 Å². The molecule has 3 rings (SSSR count). The zero-order valence-corrected chi connectivity index (χ0v) is 15.8. The lowest BCUT2D eigenvalue weighted by Gasteiger charge is -2.52. The molecule has 2 heterocycles. The summed E-state index contributed by atoms with van der Waals surface area (Å²) in [4.78, 5) is 30.0. The van der Waals surface area contributed by atoms with Gasteiger partial charge in [-0.2, -0.15) is 0 Å². The van der Waals surface area contributed by atoms with Gasteiger partial charge in [0.2, 0.25) is 5.91 Å². The van der Waals surface area contributed by atoms with Crippen LogP contribution in [0.25, 0.3) is 0 Å². The summed E-state index contributed by atoms with van der Waals surface area (Å²) in [5.74, 6) is 0.174. The van der Waals surface area contributed by atoms with E-state index in [1.807, 2.05) is 11.8 Å². The SMILES string of the molecule is [2H]C([2H])(C)OC(=O)N1CCC2(CC(N3CCC(N(CC)C(C)=O)CC3)C2)C1. The van der Waals surface area contributed by atoms with Gasteiger partial charge in [0.1, 0.15) is 0 Å². The minimum atomic E-state index is -1.93. The maximum Gasteiger partial charge on any atom is 0.409 e. The Balaban J connectivity index is 1.44. The van der Waals surface area contributed by atoms with Gasteiger partial charge < -0.3 is 19.4 Å². The van der Waals surface area contributed by atoms with Crippen molar-refractivity contribution in [2.75, 3.05) is 39.3 Å². The van der Waals surface area contributed by atoms with E-state index < -0.39 is 12.7 Å². The van der Waals surface area contributed by atoms with Crippen molar-refractivity contribution in [2.24, 2.45) is 5.41 Å². The molecule has 25 heavy (non-hydrogen) atoms. The molecule has 1 spiro atoms. The molecule has 0 N–H and O–H groups in total. The van der Waals surface area contributed by atoms with Crippen LogP contribution in [0.2, 0.25) is 0 Å². The van der Waals surface area contributed by atoms with Crippen LogP contribution in [0.3, 0.4) is 0 Å². The molecule has 0 bridgehead atoms. The fourth-order valence-electron chi connectivity index (χ4n) is 5.07. The minimum Gasteiger partial charge on any atom is -0.450 e. The number of hydrogen-bond acceptors (Lipinski definition) is 4. The molecular weight excluding hydrogens is 318 g/mol. The smallest absolute Gasteiger partial charge is 0.409 e. The first-order valence-electron chi connectivity index (χ1n) is 10.6. The second-order valence-corrected chi connectivity index (χ2v) is 7.88. The Morgan fingerprint density at radius 3 is 2.48 bits per heavy atom. The molecule has 0 unspecified atom stereocenters. The lowest BCUT2D eigenvalue weighted by molar-refractivity contribution is -0.132. The molecule has 6 nitrogen and oxygen atoms in total. The first-order valence-corrected chi connectivity index (χ1v) is 9.62. The first kappa shape index (κ1) is 15.9. The molecule has 3 aliphatic rings. The van der Waals surface area contributed by atoms with Crippen LogP contribution in [0.5, 0.6) is 0 Å². The van der Waals surface area contributed by atoms with Crippen LogP contribution in [0.15, 0.2) is 0 Å². The molecule has 2 aliphatic heterocycles. The summed E-state index contributed by atoms with van der Waals surface area (Å²) in [6.07, 6.45) is 4.74. The highest BCUT2D eigenvalue weighted by Crippen LogP contribution is 2.50. The summed E-state index contributed by atoms with van der Waals surface area (Å²) in [6.45, 7) is 7.24. The molecule has 142 valence electrons. The van der Waals surface area contributed by atoms with Gasteiger partial charge in [-0.15, -0.1) is 0 Å². The van der Waals surface area contributed by atoms with Gasteiger partial charge in [-0.05, 0) is 51.4 Å². The van der Waals surface area contributed by atoms with Crippen LogP contribution in [-0.4, -0.2) is 78.1 Å². The normalized spacial score (nSPS) is 32.1. The van der Waals surface area contributed by atoms with E-state index in [1.165, 1.54) is 6.92 Å². The van der Waals surface area contributed by atoms with E-state index in [4.69, 9.17) is 7.48 Å². The van der Waals surface area contributed by atoms with Crippen LogP contribution < -0.4 is 0 Å². The minimum absolute atomic E-state index is 0.174. The summed E-state index contributed by atoms with van der Waals surface area (Å²) >= 11 is 0. The molecular formula is C19H33N3O3. The Bertz CT molecular complexity index is 567. The third-order valence-corrected chi connectivity index (χ3v) is 6.42. The van der Waals surface area contributed by atoms with E-state index in [1.54, 1.807) is 11.8 Å². The molecule has 0 atom stereocenters. The molecule has 0 aromatic carbocycles. The van der Waals surface area contributed by atoms with Crippen molar-refractivity contribution < 1.29 is 17.1 Å². The number of rotatable bonds is 4. The topological polar surface area (TPSA) is 53.1 Å². The molecule has 2 amide bonds. The second kappa shape index (κ2) is 7.52. The summed E-state index contributed by atoms with van der Waals surface area (Å²) < 4.78 is 19.7. The fraction of sp³-hybridized carbons (Fsp3) is 0.895. The zero-order chi connectivity index (χ0) is 19.8. The summed E-state index contributed by atoms with van der Waals surface area (Å²) in [5, 5.41) is 0. The quantitative estimate of drug-likeness (QED) is 0.778. The van der Waals surface area contributed by atoms with Gasteiger partial charge in [0, 0.05) is 51.7 Å². The highest BCUT2D eigenvalue weighted by molar-refractivity contribution is 5.73. The number of likely N-dealkylation sites (tertiary alicyclic amines) is 2. The van der Waals surface area contributed by atoms with Crippen LogP contribution >= 0.6 is 0 Å². The van der Waals surface area contributed by atoms with E-state index in [2.05, 4.69) is 4.90 Å². The number of amides is 2. The van der Waals surface area contributed by atoms with Crippen molar-refractivity contribution in [2.45, 2.75) is 65.0 Å². The first-order chi connectivity index (χ1) is 12.6. The third kappa shape index (κ3) is 3.78. The lowest BCUT2D eigenvalue weighted by atomic mass is 9.64. The van der Waals surface area contributed by atoms with Crippen LogP contribution in [0.1, 0.15) is 55.6 Å². The maximum atomic E-state index is 12.1. The summed E-state index contributed by atoms with van der Waals surface area (Å²) in [7, 11) is 0. The van der Waals surface area contributed by atoms with Gasteiger partial charge in [-0.25, -0.2) is 4.79 Å². The Hall–Kier alpha value is -1.30. The van der Waals surface area contributed by atoms with Crippen molar-refractivity contribution >= 4 is 12.0 Å². The highest BCUT2D eigenvalue weighted by atomic mass is 16.6. The van der Waals surface area contributed by atoms with Crippen molar-refractivity contribution in [1.82, 2.24) is 14.7 Å². The number of piperidine rings is 1. The van der Waals surface area contributed by atoms with Gasteiger partial charge in [-0.3, -0.25) is 4.79 Å². The molecule has 1 aliphatic carbocycles. The number of nitrogens with zero attached hydrogens (tertiary/aromatic N) is 3. The van der Waals surface area contributed by atoms with Gasteiger partial charge >= 0.3 is 6.09 Å². The Kier molecular flexibility index (Phi) is 4.79. The molecule has 1 saturated carbocycles. The van der Waals surface area contributed by atoms with E-state index in [-0.39, 0.29) is 11.3 Å². The van der Waals surface area contributed by atoms with Crippen LogP contribution in [0.4, 0.5) is 4.79 Å². The lowest BCUT2D eigenvalue weighted by Crippen LogP contribution is -2.56. The predicted octanol–water partition coefficient (Wildman–Crippen LogP) is 2.33. The third-order valence-electron chi connectivity index (χ3n) is 6.42. The molecule has 0 radical (unpaired) electrons. The number of carbonyl (C=O) groups is 2. The molecule has 6 heteroatoms. The van der Waals surface area contributed by atoms with Crippen molar-refractivity contribution in [3.05, 3.63) is 0 Å². The van der Waals surface area contributed by atoms with E-state index in [9.17, 15) is 9.59 Å². The fourth-order valence-corrected chi connectivity index (χ4v) is 5.07. The molecule has 2 saturated heterocycles. The molecule has 0 aromatic heterocycles. The van der Waals surface area contributed by atoms with Gasteiger partial charge in [-0.1, -0.05) is 0 Å². The average molecular weight is 354 g/mol. The highest BCUT2D eigenvalue weighted by Gasteiger charge is 2.51. The van der Waals surface area contributed by atoms with E-state index in [0.29, 0.717) is 25.2 Å². The average Bonchev–Trinajstić information content (AvgIpc) is 2.99. The van der Waals surface area contributed by atoms with Crippen LogP contribution in [0, 0.1) is 5.41 Å². The van der Waals surface area contributed by atoms with Crippen LogP contribution in [-0.2, 0) is 9.53 Å². The molecule has 3 fully saturated rings. The number of ether oxygens (including phenoxy) is 1. The van der Waals surface area contributed by atoms with Crippen molar-refractivity contribution in [3.63, 3.8) is 0 Å². The Labute approximate surface area is 154 Å². The standard InChI is InChI=1S/C19H33N3O3/c1-4-22(15(3)23)16-6-9-20(10-7-16)17-12-19(13-17)8-11-21(14-19)18(24)25-5-2/h16-17H,4-14H2,1-3H3/i5D2. The number of carbonyl (C=O) groups excluding carboxylic acids is 2. The number of hydrogen-bond donors (Lipinski definition) is 0. The molecule has 0 aromatic rings. The second-order valence-electron chi connectivity index (χ2n) is 7.88. The van der Waals surface area contributed by atoms with Gasteiger partial charge in [0.15, 0.2) is 0 Å². The predicted molar refractivity (Wildman–Crippen MR) is 96.3 cm³/mol. The Morgan fingerprint density at radius 2 is 1.92 bits per heavy atom. The monoisotopic (exact) mass is 353 g/mol. The van der Waals surface area contributed by atoms with E-state index in [0.717, 1.165) is 51.7 Å². The van der Waals surface area contributed by atoms with Gasteiger partial charge in [0.25, 0.3) is 0 Å². The van der Waals surface area contributed by atoms with Crippen molar-refractivity contribution in [3.8, 4) is 0 Å². The largest absolute Gasteiger partial charge is 0.450 e. The summed E-state index contributed by atoms with van der Waals surface area (Å²) in [5.41, 5.74) is 0.190. The van der Waals surface area contributed by atoms with Crippen molar-refractivity contribution in [1.29, 1.82) is 0 Å². The Morgan fingerprint density at radius 1 is 1.24 bits per heavy atom.